The van der Waals surface area contributed by atoms with Gasteiger partial charge in [0.1, 0.15) is 21.9 Å². The smallest absolute Gasteiger partial charge is 0.744 e. The van der Waals surface area contributed by atoms with Crippen LogP contribution in [0.4, 0.5) is 0 Å². The summed E-state index contributed by atoms with van der Waals surface area (Å²) in [5.74, 6) is -2.66. The van der Waals surface area contributed by atoms with Crippen molar-refractivity contribution >= 4 is 27.9 Å². The largest absolute Gasteiger partial charge is 1.00 e. The Morgan fingerprint density at radius 1 is 1.03 bits per heavy atom. The van der Waals surface area contributed by atoms with Gasteiger partial charge >= 0.3 is 35.5 Å². The van der Waals surface area contributed by atoms with Crippen molar-refractivity contribution in [3.05, 3.63) is 59.7 Å². The van der Waals surface area contributed by atoms with Gasteiger partial charge in [0.25, 0.3) is 11.8 Å². The van der Waals surface area contributed by atoms with Gasteiger partial charge < -0.3 is 9.29 Å². The van der Waals surface area contributed by atoms with E-state index in [9.17, 15) is 27.4 Å². The number of imide groups is 1. The monoisotopic (exact) mass is 439 g/mol. The van der Waals surface area contributed by atoms with E-state index in [2.05, 4.69) is 0 Å². The van der Waals surface area contributed by atoms with Gasteiger partial charge in [0.2, 0.25) is 0 Å². The van der Waals surface area contributed by atoms with E-state index in [0.717, 1.165) is 11.0 Å². The van der Waals surface area contributed by atoms with E-state index < -0.39 is 44.6 Å². The van der Waals surface area contributed by atoms with Crippen LogP contribution in [0.25, 0.3) is 0 Å². The van der Waals surface area contributed by atoms with Crippen LogP contribution in [-0.2, 0) is 14.9 Å². The van der Waals surface area contributed by atoms with Crippen molar-refractivity contribution in [1.82, 2.24) is 4.90 Å². The molecule has 1 aliphatic heterocycles. The van der Waals surface area contributed by atoms with E-state index in [1.165, 1.54) is 30.3 Å². The van der Waals surface area contributed by atoms with Gasteiger partial charge in [0.05, 0.1) is 16.0 Å². The van der Waals surface area contributed by atoms with Crippen LogP contribution < -0.4 is 34.3 Å². The van der Waals surface area contributed by atoms with Crippen molar-refractivity contribution in [2.75, 3.05) is 0 Å². The van der Waals surface area contributed by atoms with Gasteiger partial charge in [-0.05, 0) is 30.7 Å². The molecular weight excluding hydrogens is 421 g/mol. The summed E-state index contributed by atoms with van der Waals surface area (Å²) in [6.07, 6.45) is 1.36. The van der Waals surface area contributed by atoms with Gasteiger partial charge in [-0.15, -0.1) is 0 Å². The molecule has 0 aliphatic carbocycles. The summed E-state index contributed by atoms with van der Waals surface area (Å²) in [6, 6.07) is 9.89. The second-order valence-electron chi connectivity index (χ2n) is 6.51. The molecule has 1 heterocycles. The molecule has 8 nitrogen and oxygen atoms in total. The SMILES string of the molecule is CCCCC(C(=O)Oc1ccccc1S(=O)(=O)[O-])N1C(=O)c2ccccc2C1=O.[Na+]. The van der Waals surface area contributed by atoms with Gasteiger partial charge in [-0.2, -0.15) is 0 Å². The first-order valence-electron chi connectivity index (χ1n) is 8.99. The minimum atomic E-state index is -4.88. The summed E-state index contributed by atoms with van der Waals surface area (Å²) < 4.78 is 39.4. The fourth-order valence-electron chi connectivity index (χ4n) is 3.16. The second kappa shape index (κ2) is 9.84. The van der Waals surface area contributed by atoms with E-state index in [0.29, 0.717) is 12.8 Å². The molecule has 2 aromatic carbocycles. The first kappa shape index (κ1) is 24.2. The van der Waals surface area contributed by atoms with Crippen LogP contribution in [0.3, 0.4) is 0 Å². The quantitative estimate of drug-likeness (QED) is 0.185. The van der Waals surface area contributed by atoms with Crippen LogP contribution in [0.15, 0.2) is 53.4 Å². The Morgan fingerprint density at radius 3 is 2.10 bits per heavy atom. The standard InChI is InChI=1S/C20H19NO7S.Na/c1-2-3-10-15(21-18(22)13-8-4-5-9-14(13)19(21)23)20(24)28-16-11-6-7-12-17(16)29(25,26)27;/h4-9,11-12,15H,2-3,10H2,1H3,(H,25,26,27);/q;+1/p-1. The zero-order valence-corrected chi connectivity index (χ0v) is 19.3. The number of nitrogens with zero attached hydrogens (tertiary/aromatic N) is 1. The molecule has 0 N–H and O–H groups in total. The van der Waals surface area contributed by atoms with E-state index >= 15 is 0 Å². The number of ether oxygens (including phenoxy) is 1. The number of carbonyl (C=O) groups is 3. The molecule has 2 aromatic rings. The third-order valence-electron chi connectivity index (χ3n) is 4.57. The van der Waals surface area contributed by atoms with Gasteiger partial charge in [-0.25, -0.2) is 13.2 Å². The first-order valence-corrected chi connectivity index (χ1v) is 10.4. The molecule has 1 unspecified atom stereocenters. The summed E-state index contributed by atoms with van der Waals surface area (Å²) in [5.41, 5.74) is 0.378. The molecule has 152 valence electrons. The number of esters is 1. The summed E-state index contributed by atoms with van der Waals surface area (Å²) in [6.45, 7) is 1.88. The van der Waals surface area contributed by atoms with Crippen molar-refractivity contribution in [3.63, 3.8) is 0 Å². The predicted molar refractivity (Wildman–Crippen MR) is 100 cm³/mol. The number of benzene rings is 2. The molecule has 1 aliphatic rings. The van der Waals surface area contributed by atoms with Gasteiger partial charge in [0.15, 0.2) is 0 Å². The van der Waals surface area contributed by atoms with Crippen LogP contribution in [0.5, 0.6) is 5.75 Å². The molecule has 0 saturated heterocycles. The minimum Gasteiger partial charge on any atom is -0.744 e. The van der Waals surface area contributed by atoms with E-state index in [1.807, 2.05) is 6.92 Å². The number of hydrogen-bond acceptors (Lipinski definition) is 7. The predicted octanol–water partition coefficient (Wildman–Crippen LogP) is -0.645. The summed E-state index contributed by atoms with van der Waals surface area (Å²) in [5, 5.41) is 0. The van der Waals surface area contributed by atoms with Crippen LogP contribution in [-0.4, -0.2) is 41.7 Å². The van der Waals surface area contributed by atoms with Crippen LogP contribution >= 0.6 is 0 Å². The molecule has 0 spiro atoms. The Balaban J connectivity index is 0.00000320. The molecule has 0 radical (unpaired) electrons. The van der Waals surface area contributed by atoms with Gasteiger partial charge in [0, 0.05) is 0 Å². The third kappa shape index (κ3) is 4.81. The number of unbranched alkanes of at least 4 members (excludes halogenated alkanes) is 1. The first-order chi connectivity index (χ1) is 13.8. The fourth-order valence-corrected chi connectivity index (χ4v) is 3.76. The minimum absolute atomic E-state index is 0. The number of hydrogen-bond donors (Lipinski definition) is 0. The zero-order chi connectivity index (χ0) is 21.2. The number of amides is 2. The molecule has 3 rings (SSSR count). The summed E-state index contributed by atoms with van der Waals surface area (Å²) in [4.78, 5) is 38.5. The van der Waals surface area contributed by atoms with Crippen molar-refractivity contribution in [3.8, 4) is 5.75 Å². The molecule has 0 bridgehead atoms. The van der Waals surface area contributed by atoms with E-state index in [1.54, 1.807) is 12.1 Å². The average molecular weight is 439 g/mol. The zero-order valence-electron chi connectivity index (χ0n) is 16.5. The second-order valence-corrected chi connectivity index (χ2v) is 7.85. The molecule has 0 saturated carbocycles. The fraction of sp³-hybridized carbons (Fsp3) is 0.250. The molecule has 30 heavy (non-hydrogen) atoms. The van der Waals surface area contributed by atoms with Crippen molar-refractivity contribution < 1.29 is 61.6 Å². The average Bonchev–Trinajstić information content (AvgIpc) is 2.93. The molecule has 0 fully saturated rings. The van der Waals surface area contributed by atoms with E-state index in [4.69, 9.17) is 4.74 Å². The van der Waals surface area contributed by atoms with Crippen molar-refractivity contribution in [2.45, 2.75) is 37.1 Å². The Hall–Kier alpha value is -2.04. The topological polar surface area (TPSA) is 121 Å². The Morgan fingerprint density at radius 2 is 1.57 bits per heavy atom. The number of rotatable bonds is 7. The molecular formula is C20H18NNaO7S. The van der Waals surface area contributed by atoms with Crippen molar-refractivity contribution in [2.24, 2.45) is 0 Å². The third-order valence-corrected chi connectivity index (χ3v) is 5.45. The maximum absolute atomic E-state index is 12.9. The maximum Gasteiger partial charge on any atom is 1.00 e. The van der Waals surface area contributed by atoms with Gasteiger partial charge in [-0.3, -0.25) is 14.5 Å². The summed E-state index contributed by atoms with van der Waals surface area (Å²) >= 11 is 0. The van der Waals surface area contributed by atoms with Gasteiger partial charge in [-0.1, -0.05) is 44.0 Å². The molecule has 10 heteroatoms. The van der Waals surface area contributed by atoms with Crippen molar-refractivity contribution in [1.29, 1.82) is 0 Å². The Kier molecular flexibility index (Phi) is 7.95. The van der Waals surface area contributed by atoms with Crippen LogP contribution in [0.1, 0.15) is 46.9 Å². The normalized spacial score (nSPS) is 14.1. The molecule has 0 aromatic heterocycles. The Bertz CT molecular complexity index is 1050. The number of fused-ring (bicyclic) bond motifs is 1. The van der Waals surface area contributed by atoms with Crippen LogP contribution in [0.2, 0.25) is 0 Å². The molecule has 2 amide bonds. The van der Waals surface area contributed by atoms with E-state index in [-0.39, 0.29) is 47.1 Å². The summed E-state index contributed by atoms with van der Waals surface area (Å²) in [7, 11) is -4.88. The number of carbonyl (C=O) groups excluding carboxylic acids is 3. The molecule has 1 atom stereocenters. The number of para-hydroxylation sites is 1. The Labute approximate surface area is 196 Å². The van der Waals surface area contributed by atoms with Crippen LogP contribution in [0, 0.1) is 0 Å². The maximum atomic E-state index is 12.9.